The molecule has 6 heteroatoms. The van der Waals surface area contributed by atoms with Gasteiger partial charge >= 0.3 is 0 Å². The summed E-state index contributed by atoms with van der Waals surface area (Å²) >= 11 is 1.66. The molecule has 0 unspecified atom stereocenters. The molecule has 0 spiro atoms. The van der Waals surface area contributed by atoms with Crippen molar-refractivity contribution in [2.75, 3.05) is 17.2 Å². The van der Waals surface area contributed by atoms with E-state index in [0.29, 0.717) is 6.54 Å². The molecule has 0 saturated carbocycles. The molecule has 1 aromatic carbocycles. The van der Waals surface area contributed by atoms with Gasteiger partial charge in [-0.2, -0.15) is 11.3 Å². The van der Waals surface area contributed by atoms with Crippen molar-refractivity contribution in [2.45, 2.75) is 26.8 Å². The van der Waals surface area contributed by atoms with E-state index < -0.39 is 0 Å². The largest absolute Gasteiger partial charge is 0.385 e. The molecule has 0 aliphatic heterocycles. The summed E-state index contributed by atoms with van der Waals surface area (Å²) in [5.74, 6) is 0. The summed E-state index contributed by atoms with van der Waals surface area (Å²) in [6.07, 6.45) is 0.972. The zero-order chi connectivity index (χ0) is 15.2. The topological polar surface area (TPSA) is 67.2 Å². The maximum Gasteiger partial charge on any atom is 0.273 e. The summed E-state index contributed by atoms with van der Waals surface area (Å²) < 4.78 is 0. The first kappa shape index (κ1) is 15.3. The molecule has 5 nitrogen and oxygen atoms in total. The maximum atomic E-state index is 11.0. The van der Waals surface area contributed by atoms with Crippen LogP contribution < -0.4 is 10.6 Å². The van der Waals surface area contributed by atoms with Gasteiger partial charge in [0.05, 0.1) is 4.92 Å². The van der Waals surface area contributed by atoms with Crippen LogP contribution in [0.4, 0.5) is 17.1 Å². The van der Waals surface area contributed by atoms with Gasteiger partial charge in [0.1, 0.15) is 0 Å². The molecule has 0 bridgehead atoms. The van der Waals surface area contributed by atoms with Crippen LogP contribution >= 0.6 is 11.3 Å². The lowest BCUT2D eigenvalue weighted by Crippen LogP contribution is -2.04. The van der Waals surface area contributed by atoms with E-state index in [1.165, 1.54) is 11.1 Å². The van der Waals surface area contributed by atoms with Crippen molar-refractivity contribution in [3.8, 4) is 0 Å². The molecule has 112 valence electrons. The van der Waals surface area contributed by atoms with Crippen LogP contribution in [0.1, 0.15) is 24.5 Å². The fourth-order valence-corrected chi connectivity index (χ4v) is 2.81. The van der Waals surface area contributed by atoms with Crippen molar-refractivity contribution in [3.05, 3.63) is 50.2 Å². The third-order valence-corrected chi connectivity index (χ3v) is 4.06. The third kappa shape index (κ3) is 4.19. The fourth-order valence-electron chi connectivity index (χ4n) is 1.96. The first-order valence-corrected chi connectivity index (χ1v) is 7.83. The number of hydrogen-bond donors (Lipinski definition) is 2. The number of nitro benzene ring substituents is 1. The highest BCUT2D eigenvalue weighted by atomic mass is 32.1. The second-order valence-corrected chi connectivity index (χ2v) is 5.63. The third-order valence-electron chi connectivity index (χ3n) is 3.15. The van der Waals surface area contributed by atoms with Gasteiger partial charge < -0.3 is 10.6 Å². The molecule has 0 atom stereocenters. The van der Waals surface area contributed by atoms with Crippen LogP contribution in [0.3, 0.4) is 0 Å². The number of hydrogen-bond acceptors (Lipinski definition) is 5. The SMILES string of the molecule is CCCNc1cc(NCc2cscc2C)cc([N+](=O)[O-])c1. The van der Waals surface area contributed by atoms with E-state index in [2.05, 4.69) is 35.2 Å². The van der Waals surface area contributed by atoms with Crippen molar-refractivity contribution in [1.82, 2.24) is 0 Å². The monoisotopic (exact) mass is 305 g/mol. The molecular formula is C15H19N3O2S. The molecule has 0 aliphatic carbocycles. The van der Waals surface area contributed by atoms with Crippen molar-refractivity contribution >= 4 is 28.4 Å². The highest BCUT2D eigenvalue weighted by molar-refractivity contribution is 7.08. The number of benzene rings is 1. The summed E-state index contributed by atoms with van der Waals surface area (Å²) in [6.45, 7) is 5.59. The highest BCUT2D eigenvalue weighted by Gasteiger charge is 2.10. The lowest BCUT2D eigenvalue weighted by molar-refractivity contribution is -0.384. The van der Waals surface area contributed by atoms with Crippen molar-refractivity contribution in [2.24, 2.45) is 0 Å². The zero-order valence-electron chi connectivity index (χ0n) is 12.2. The number of nitro groups is 1. The molecular weight excluding hydrogens is 286 g/mol. The van der Waals surface area contributed by atoms with E-state index in [-0.39, 0.29) is 10.6 Å². The van der Waals surface area contributed by atoms with E-state index in [4.69, 9.17) is 0 Å². The molecule has 2 N–H and O–H groups in total. The predicted molar refractivity (Wildman–Crippen MR) is 88.3 cm³/mol. The average molecular weight is 305 g/mol. The lowest BCUT2D eigenvalue weighted by Gasteiger charge is -2.10. The highest BCUT2D eigenvalue weighted by Crippen LogP contribution is 2.25. The number of non-ortho nitro benzene ring substituents is 1. The number of nitrogens with one attached hydrogen (secondary N) is 2. The van der Waals surface area contributed by atoms with Gasteiger partial charge in [0.25, 0.3) is 5.69 Å². The van der Waals surface area contributed by atoms with E-state index in [9.17, 15) is 10.1 Å². The molecule has 1 heterocycles. The molecule has 1 aromatic heterocycles. The molecule has 0 amide bonds. The normalized spacial score (nSPS) is 10.4. The Balaban J connectivity index is 2.15. The number of thiophene rings is 1. The smallest absolute Gasteiger partial charge is 0.273 e. The Morgan fingerprint density at radius 3 is 2.48 bits per heavy atom. The summed E-state index contributed by atoms with van der Waals surface area (Å²) in [5, 5.41) is 21.7. The first-order valence-electron chi connectivity index (χ1n) is 6.89. The fraction of sp³-hybridized carbons (Fsp3) is 0.333. The number of nitrogens with zero attached hydrogens (tertiary/aromatic N) is 1. The van der Waals surface area contributed by atoms with Gasteiger partial charge in [-0.15, -0.1) is 0 Å². The number of aryl methyl sites for hydroxylation is 1. The van der Waals surface area contributed by atoms with Crippen LogP contribution in [0, 0.1) is 17.0 Å². The maximum absolute atomic E-state index is 11.0. The summed E-state index contributed by atoms with van der Waals surface area (Å²) in [5.41, 5.74) is 4.08. The Morgan fingerprint density at radius 2 is 1.90 bits per heavy atom. The van der Waals surface area contributed by atoms with Crippen LogP contribution in [0.5, 0.6) is 0 Å². The van der Waals surface area contributed by atoms with Gasteiger partial charge in [-0.05, 0) is 41.3 Å². The van der Waals surface area contributed by atoms with E-state index in [1.54, 1.807) is 23.5 Å². The van der Waals surface area contributed by atoms with E-state index in [1.807, 2.05) is 6.07 Å². The molecule has 21 heavy (non-hydrogen) atoms. The predicted octanol–water partition coefficient (Wildman–Crippen LogP) is 4.40. The minimum absolute atomic E-state index is 0.0978. The van der Waals surface area contributed by atoms with Gasteiger partial charge in [-0.3, -0.25) is 10.1 Å². The molecule has 0 radical (unpaired) electrons. The second-order valence-electron chi connectivity index (χ2n) is 4.89. The van der Waals surface area contributed by atoms with Crippen molar-refractivity contribution in [1.29, 1.82) is 0 Å². The molecule has 0 aliphatic rings. The Kier molecular flexibility index (Phi) is 5.16. The van der Waals surface area contributed by atoms with Crippen LogP contribution in [-0.2, 0) is 6.54 Å². The second kappa shape index (κ2) is 7.08. The van der Waals surface area contributed by atoms with Gasteiger partial charge in [-0.1, -0.05) is 6.92 Å². The van der Waals surface area contributed by atoms with Gasteiger partial charge in [0.15, 0.2) is 0 Å². The Hall–Kier alpha value is -2.08. The molecule has 0 saturated heterocycles. The van der Waals surface area contributed by atoms with Crippen molar-refractivity contribution in [3.63, 3.8) is 0 Å². The van der Waals surface area contributed by atoms with Crippen LogP contribution in [0.25, 0.3) is 0 Å². The van der Waals surface area contributed by atoms with E-state index in [0.717, 1.165) is 24.3 Å². The molecule has 2 rings (SSSR count). The Bertz CT molecular complexity index is 625. The quantitative estimate of drug-likeness (QED) is 0.588. The van der Waals surface area contributed by atoms with Crippen LogP contribution in [-0.4, -0.2) is 11.5 Å². The molecule has 2 aromatic rings. The first-order chi connectivity index (χ1) is 10.1. The standard InChI is InChI=1S/C15H19N3O2S/c1-3-4-16-13-5-14(7-15(6-13)18(19)20)17-8-12-10-21-9-11(12)2/h5-7,9-10,16-17H,3-4,8H2,1-2H3. The van der Waals surface area contributed by atoms with Gasteiger partial charge in [0, 0.05) is 36.6 Å². The van der Waals surface area contributed by atoms with Gasteiger partial charge in [0.2, 0.25) is 0 Å². The lowest BCUT2D eigenvalue weighted by atomic mass is 10.2. The number of anilines is 2. The van der Waals surface area contributed by atoms with Crippen LogP contribution in [0.15, 0.2) is 29.0 Å². The van der Waals surface area contributed by atoms with Crippen LogP contribution in [0.2, 0.25) is 0 Å². The Labute approximate surface area is 128 Å². The minimum atomic E-state index is -0.363. The zero-order valence-corrected chi connectivity index (χ0v) is 13.0. The summed E-state index contributed by atoms with van der Waals surface area (Å²) in [4.78, 5) is 10.7. The van der Waals surface area contributed by atoms with Crippen molar-refractivity contribution < 1.29 is 4.92 Å². The van der Waals surface area contributed by atoms with Gasteiger partial charge in [-0.25, -0.2) is 0 Å². The average Bonchev–Trinajstić information content (AvgIpc) is 2.88. The Morgan fingerprint density at radius 1 is 1.19 bits per heavy atom. The molecule has 0 fully saturated rings. The minimum Gasteiger partial charge on any atom is -0.385 e. The summed E-state index contributed by atoms with van der Waals surface area (Å²) in [6, 6.07) is 5.04. The van der Waals surface area contributed by atoms with E-state index >= 15 is 0 Å². The summed E-state index contributed by atoms with van der Waals surface area (Å²) in [7, 11) is 0. The number of rotatable bonds is 7.